The van der Waals surface area contributed by atoms with Gasteiger partial charge in [0.25, 0.3) is 0 Å². The van der Waals surface area contributed by atoms with Crippen LogP contribution in [0.25, 0.3) is 0 Å². The highest BCUT2D eigenvalue weighted by Crippen LogP contribution is 2.23. The molecule has 2 aromatic rings. The Kier molecular flexibility index (Phi) is 5.28. The number of hydrogen-bond donors (Lipinski definition) is 1. The molecule has 0 aliphatic heterocycles. The van der Waals surface area contributed by atoms with Gasteiger partial charge < -0.3 is 9.84 Å². The molecule has 0 aliphatic carbocycles. The first-order valence-electron chi connectivity index (χ1n) is 6.72. The largest absolute Gasteiger partial charge is 0.493 e. The minimum absolute atomic E-state index is 0.245. The van der Waals surface area contributed by atoms with Crippen LogP contribution in [-0.2, 0) is 0 Å². The van der Waals surface area contributed by atoms with E-state index in [1.165, 1.54) is 16.0 Å². The first-order valence-corrected chi connectivity index (χ1v) is 7.71. The minimum atomic E-state index is -0.940. The predicted molar refractivity (Wildman–Crippen MR) is 85.5 cm³/mol. The van der Waals surface area contributed by atoms with Crippen LogP contribution >= 0.6 is 11.8 Å². The lowest BCUT2D eigenvalue weighted by Crippen LogP contribution is -2.02. The average molecular weight is 302 g/mol. The number of aromatic carboxylic acids is 1. The third kappa shape index (κ3) is 4.53. The summed E-state index contributed by atoms with van der Waals surface area (Å²) in [7, 11) is 0. The van der Waals surface area contributed by atoms with Crippen LogP contribution in [0.2, 0.25) is 0 Å². The molecule has 0 spiro atoms. The van der Waals surface area contributed by atoms with Crippen LogP contribution < -0.4 is 4.74 Å². The van der Waals surface area contributed by atoms with Gasteiger partial charge in [-0.25, -0.2) is 4.79 Å². The Morgan fingerprint density at radius 1 is 1.19 bits per heavy atom. The topological polar surface area (TPSA) is 46.5 Å². The van der Waals surface area contributed by atoms with Crippen LogP contribution in [0.4, 0.5) is 0 Å². The Labute approximate surface area is 129 Å². The summed E-state index contributed by atoms with van der Waals surface area (Å²) >= 11 is 1.75. The molecule has 2 rings (SSSR count). The number of benzene rings is 2. The van der Waals surface area contributed by atoms with Gasteiger partial charge in [-0.3, -0.25) is 0 Å². The summed E-state index contributed by atoms with van der Waals surface area (Å²) in [6.07, 6.45) is 0. The van der Waals surface area contributed by atoms with Crippen molar-refractivity contribution in [2.24, 2.45) is 0 Å². The number of carboxylic acid groups (broad SMARTS) is 1. The van der Waals surface area contributed by atoms with Gasteiger partial charge in [0.15, 0.2) is 0 Å². The van der Waals surface area contributed by atoms with Gasteiger partial charge in [-0.2, -0.15) is 0 Å². The molecule has 3 nitrogen and oxygen atoms in total. The summed E-state index contributed by atoms with van der Waals surface area (Å²) in [5.74, 6) is 0.475. The summed E-state index contributed by atoms with van der Waals surface area (Å²) in [6, 6.07) is 13.0. The molecule has 0 atom stereocenters. The molecule has 1 N–H and O–H groups in total. The second-order valence-electron chi connectivity index (χ2n) is 4.80. The quantitative estimate of drug-likeness (QED) is 0.642. The van der Waals surface area contributed by atoms with E-state index in [1.807, 2.05) is 0 Å². The van der Waals surface area contributed by atoms with E-state index in [-0.39, 0.29) is 5.56 Å². The van der Waals surface area contributed by atoms with E-state index in [0.717, 1.165) is 5.75 Å². The van der Waals surface area contributed by atoms with Crippen molar-refractivity contribution in [2.75, 3.05) is 12.4 Å². The fourth-order valence-electron chi connectivity index (χ4n) is 1.89. The molecule has 110 valence electrons. The number of ether oxygens (including phenoxy) is 1. The van der Waals surface area contributed by atoms with Gasteiger partial charge in [0.05, 0.1) is 12.2 Å². The third-order valence-electron chi connectivity index (χ3n) is 3.03. The van der Waals surface area contributed by atoms with Crippen molar-refractivity contribution >= 4 is 17.7 Å². The van der Waals surface area contributed by atoms with Crippen molar-refractivity contribution in [3.63, 3.8) is 0 Å². The molecule has 2 aromatic carbocycles. The number of hydrogen-bond acceptors (Lipinski definition) is 3. The lowest BCUT2D eigenvalue weighted by Gasteiger charge is -2.09. The smallest absolute Gasteiger partial charge is 0.335 e. The summed E-state index contributed by atoms with van der Waals surface area (Å²) in [5, 5.41) is 8.93. The molecular weight excluding hydrogens is 284 g/mol. The second-order valence-corrected chi connectivity index (χ2v) is 5.94. The van der Waals surface area contributed by atoms with E-state index >= 15 is 0 Å². The fourth-order valence-corrected chi connectivity index (χ4v) is 2.84. The normalized spacial score (nSPS) is 10.4. The maximum absolute atomic E-state index is 10.9. The summed E-state index contributed by atoms with van der Waals surface area (Å²) < 4.78 is 5.60. The van der Waals surface area contributed by atoms with Crippen LogP contribution in [0.15, 0.2) is 47.4 Å². The molecule has 0 aliphatic rings. The lowest BCUT2D eigenvalue weighted by molar-refractivity contribution is 0.0696. The fraction of sp³-hybridized carbons (Fsp3) is 0.235. The Balaban J connectivity index is 1.86. The van der Waals surface area contributed by atoms with Crippen molar-refractivity contribution in [3.8, 4) is 5.75 Å². The van der Waals surface area contributed by atoms with Gasteiger partial charge >= 0.3 is 5.97 Å². The average Bonchev–Trinajstić information content (AvgIpc) is 2.47. The highest BCUT2D eigenvalue weighted by Gasteiger charge is 2.04. The molecule has 0 bridgehead atoms. The number of rotatable bonds is 6. The molecule has 0 saturated heterocycles. The van der Waals surface area contributed by atoms with Gasteiger partial charge in [-0.05, 0) is 43.7 Å². The number of carboxylic acids is 1. The zero-order valence-corrected chi connectivity index (χ0v) is 12.9. The maximum Gasteiger partial charge on any atom is 0.335 e. The highest BCUT2D eigenvalue weighted by molar-refractivity contribution is 7.99. The molecule has 0 unspecified atom stereocenters. The molecule has 4 heteroatoms. The van der Waals surface area contributed by atoms with Gasteiger partial charge in [0.2, 0.25) is 0 Å². The molecule has 0 saturated carbocycles. The zero-order chi connectivity index (χ0) is 15.2. The SMILES string of the molecule is Cc1ccc(C)c(SCCOc2cccc(C(=O)O)c2)c1. The Hall–Kier alpha value is -1.94. The molecule has 0 fully saturated rings. The standard InChI is InChI=1S/C17H18O3S/c1-12-6-7-13(2)16(10-12)21-9-8-20-15-5-3-4-14(11-15)17(18)19/h3-7,10-11H,8-9H2,1-2H3,(H,18,19). The van der Waals surface area contributed by atoms with E-state index in [9.17, 15) is 4.79 Å². The highest BCUT2D eigenvalue weighted by atomic mass is 32.2. The van der Waals surface area contributed by atoms with E-state index in [4.69, 9.17) is 9.84 Å². The first-order chi connectivity index (χ1) is 10.1. The van der Waals surface area contributed by atoms with Crippen LogP contribution in [0.3, 0.4) is 0 Å². The second kappa shape index (κ2) is 7.18. The summed E-state index contributed by atoms with van der Waals surface area (Å²) in [6.45, 7) is 4.72. The molecule has 21 heavy (non-hydrogen) atoms. The Bertz CT molecular complexity index is 638. The van der Waals surface area contributed by atoms with Crippen LogP contribution in [-0.4, -0.2) is 23.4 Å². The predicted octanol–water partition coefficient (Wildman–Crippen LogP) is 4.17. The number of thioether (sulfide) groups is 1. The molecule has 0 radical (unpaired) electrons. The van der Waals surface area contributed by atoms with E-state index in [2.05, 4.69) is 32.0 Å². The monoisotopic (exact) mass is 302 g/mol. The van der Waals surface area contributed by atoms with Crippen LogP contribution in [0.1, 0.15) is 21.5 Å². The maximum atomic E-state index is 10.9. The van der Waals surface area contributed by atoms with Crippen LogP contribution in [0.5, 0.6) is 5.75 Å². The van der Waals surface area contributed by atoms with Crippen molar-refractivity contribution in [1.82, 2.24) is 0 Å². The van der Waals surface area contributed by atoms with E-state index < -0.39 is 5.97 Å². The summed E-state index contributed by atoms with van der Waals surface area (Å²) in [4.78, 5) is 12.1. The van der Waals surface area contributed by atoms with Gasteiger partial charge in [-0.15, -0.1) is 11.8 Å². The van der Waals surface area contributed by atoms with Gasteiger partial charge in [-0.1, -0.05) is 23.8 Å². The van der Waals surface area contributed by atoms with Crippen molar-refractivity contribution in [2.45, 2.75) is 18.7 Å². The number of aryl methyl sites for hydroxylation is 2. The van der Waals surface area contributed by atoms with Crippen LogP contribution in [0, 0.1) is 13.8 Å². The zero-order valence-electron chi connectivity index (χ0n) is 12.1. The molecule has 0 amide bonds. The third-order valence-corrected chi connectivity index (χ3v) is 4.16. The lowest BCUT2D eigenvalue weighted by atomic mass is 10.2. The minimum Gasteiger partial charge on any atom is -0.493 e. The Morgan fingerprint density at radius 2 is 2.00 bits per heavy atom. The Morgan fingerprint density at radius 3 is 2.76 bits per heavy atom. The van der Waals surface area contributed by atoms with Crippen molar-refractivity contribution in [1.29, 1.82) is 0 Å². The molecule has 0 aromatic heterocycles. The van der Waals surface area contributed by atoms with E-state index in [0.29, 0.717) is 12.4 Å². The van der Waals surface area contributed by atoms with Gasteiger partial charge in [0.1, 0.15) is 5.75 Å². The van der Waals surface area contributed by atoms with Crippen molar-refractivity contribution < 1.29 is 14.6 Å². The van der Waals surface area contributed by atoms with Gasteiger partial charge in [0, 0.05) is 10.6 Å². The van der Waals surface area contributed by atoms with E-state index in [1.54, 1.807) is 36.0 Å². The molecule has 0 heterocycles. The number of carbonyl (C=O) groups is 1. The molecular formula is C17H18O3S. The first kappa shape index (κ1) is 15.4. The summed E-state index contributed by atoms with van der Waals surface area (Å²) in [5.41, 5.74) is 2.76. The van der Waals surface area contributed by atoms with Crippen molar-refractivity contribution in [3.05, 3.63) is 59.2 Å².